The number of hydrogen-bond acceptors (Lipinski definition) is 5. The Bertz CT molecular complexity index is 603. The van der Waals surface area contributed by atoms with Crippen molar-refractivity contribution in [2.45, 2.75) is 19.9 Å². The topological polar surface area (TPSA) is 137 Å². The first kappa shape index (κ1) is 15.6. The lowest BCUT2D eigenvalue weighted by Crippen LogP contribution is -2.41. The highest BCUT2D eigenvalue weighted by atomic mass is 16.2. The Hall–Kier alpha value is -2.45. The van der Waals surface area contributed by atoms with Gasteiger partial charge in [-0.1, -0.05) is 6.92 Å². The SMILES string of the molecule is CCCn1c(N)c(NCCNC(N)=O)c(=O)n(C)c1=O. The Labute approximate surface area is 115 Å². The largest absolute Gasteiger partial charge is 0.383 e. The van der Waals surface area contributed by atoms with Crippen molar-refractivity contribution in [3.8, 4) is 0 Å². The molecule has 1 aromatic heterocycles. The van der Waals surface area contributed by atoms with Crippen molar-refractivity contribution >= 4 is 17.5 Å². The van der Waals surface area contributed by atoms with E-state index in [9.17, 15) is 14.4 Å². The van der Waals surface area contributed by atoms with Gasteiger partial charge in [-0.25, -0.2) is 9.59 Å². The van der Waals surface area contributed by atoms with E-state index in [0.29, 0.717) is 13.0 Å². The van der Waals surface area contributed by atoms with Crippen LogP contribution in [0.5, 0.6) is 0 Å². The van der Waals surface area contributed by atoms with Gasteiger partial charge in [0.25, 0.3) is 5.56 Å². The van der Waals surface area contributed by atoms with Crippen LogP contribution in [0.1, 0.15) is 13.3 Å². The van der Waals surface area contributed by atoms with Gasteiger partial charge in [0.1, 0.15) is 11.5 Å². The molecule has 1 aromatic rings. The number of urea groups is 1. The number of nitrogens with zero attached hydrogens (tertiary/aromatic N) is 2. The zero-order valence-electron chi connectivity index (χ0n) is 11.6. The van der Waals surface area contributed by atoms with E-state index in [-0.39, 0.29) is 24.6 Å². The van der Waals surface area contributed by atoms with Gasteiger partial charge in [-0.15, -0.1) is 0 Å². The number of aromatic nitrogens is 2. The van der Waals surface area contributed by atoms with Crippen molar-refractivity contribution in [2.75, 3.05) is 24.1 Å². The van der Waals surface area contributed by atoms with Crippen LogP contribution in [-0.4, -0.2) is 28.3 Å². The molecule has 6 N–H and O–H groups in total. The van der Waals surface area contributed by atoms with Gasteiger partial charge in [0.05, 0.1) is 0 Å². The van der Waals surface area contributed by atoms with Crippen LogP contribution in [0.3, 0.4) is 0 Å². The zero-order chi connectivity index (χ0) is 15.3. The Morgan fingerprint density at radius 2 is 1.95 bits per heavy atom. The molecule has 0 saturated carbocycles. The number of nitrogens with one attached hydrogen (secondary N) is 2. The lowest BCUT2D eigenvalue weighted by molar-refractivity contribution is 0.249. The quantitative estimate of drug-likeness (QED) is 0.477. The van der Waals surface area contributed by atoms with Crippen molar-refractivity contribution in [1.82, 2.24) is 14.5 Å². The number of amides is 2. The molecule has 0 bridgehead atoms. The maximum Gasteiger partial charge on any atom is 0.332 e. The van der Waals surface area contributed by atoms with Gasteiger partial charge in [-0.3, -0.25) is 13.9 Å². The summed E-state index contributed by atoms with van der Waals surface area (Å²) in [7, 11) is 1.39. The van der Waals surface area contributed by atoms with Crippen LogP contribution >= 0.6 is 0 Å². The molecule has 9 nitrogen and oxygen atoms in total. The zero-order valence-corrected chi connectivity index (χ0v) is 11.6. The summed E-state index contributed by atoms with van der Waals surface area (Å²) in [5.74, 6) is 0.0963. The number of carbonyl (C=O) groups is 1. The standard InChI is InChI=1S/C11H20N6O3/c1-3-6-17-8(12)7(9(18)16(2)11(17)20)14-4-5-15-10(13)19/h14H,3-6,12H2,1-2H3,(H3,13,15,19). The lowest BCUT2D eigenvalue weighted by atomic mass is 10.4. The predicted molar refractivity (Wildman–Crippen MR) is 76.7 cm³/mol. The molecule has 0 spiro atoms. The van der Waals surface area contributed by atoms with Crippen molar-refractivity contribution < 1.29 is 4.79 Å². The third-order valence-corrected chi connectivity index (χ3v) is 2.76. The van der Waals surface area contributed by atoms with Crippen LogP contribution in [0, 0.1) is 0 Å². The molecule has 0 saturated heterocycles. The first-order chi connectivity index (χ1) is 9.40. The fourth-order valence-electron chi connectivity index (χ4n) is 1.76. The summed E-state index contributed by atoms with van der Waals surface area (Å²) in [6, 6.07) is -0.649. The van der Waals surface area contributed by atoms with Crippen molar-refractivity contribution in [3.63, 3.8) is 0 Å². The number of nitrogens with two attached hydrogens (primary N) is 2. The van der Waals surface area contributed by atoms with E-state index in [0.717, 1.165) is 4.57 Å². The monoisotopic (exact) mass is 284 g/mol. The van der Waals surface area contributed by atoms with Crippen LogP contribution < -0.4 is 33.3 Å². The average molecular weight is 284 g/mol. The van der Waals surface area contributed by atoms with Crippen LogP contribution in [0.15, 0.2) is 9.59 Å². The summed E-state index contributed by atoms with van der Waals surface area (Å²) in [4.78, 5) is 34.4. The van der Waals surface area contributed by atoms with Gasteiger partial charge in [0.2, 0.25) is 0 Å². The Kier molecular flexibility index (Phi) is 5.18. The van der Waals surface area contributed by atoms with E-state index in [1.807, 2.05) is 6.92 Å². The Morgan fingerprint density at radius 3 is 2.50 bits per heavy atom. The van der Waals surface area contributed by atoms with Gasteiger partial charge in [0.15, 0.2) is 0 Å². The molecule has 0 radical (unpaired) electrons. The molecule has 112 valence electrons. The van der Waals surface area contributed by atoms with E-state index >= 15 is 0 Å². The van der Waals surface area contributed by atoms with Crippen LogP contribution in [0.4, 0.5) is 16.3 Å². The van der Waals surface area contributed by atoms with Crippen LogP contribution in [0.25, 0.3) is 0 Å². The van der Waals surface area contributed by atoms with Crippen molar-refractivity contribution in [1.29, 1.82) is 0 Å². The number of rotatable bonds is 6. The summed E-state index contributed by atoms with van der Waals surface area (Å²) in [6.45, 7) is 2.84. The molecular weight excluding hydrogens is 264 g/mol. The normalized spacial score (nSPS) is 10.3. The van der Waals surface area contributed by atoms with Gasteiger partial charge in [0, 0.05) is 26.7 Å². The van der Waals surface area contributed by atoms with E-state index in [1.165, 1.54) is 11.6 Å². The van der Waals surface area contributed by atoms with E-state index in [2.05, 4.69) is 10.6 Å². The van der Waals surface area contributed by atoms with Gasteiger partial charge < -0.3 is 22.1 Å². The average Bonchev–Trinajstić information content (AvgIpc) is 2.40. The van der Waals surface area contributed by atoms with E-state index in [4.69, 9.17) is 11.5 Å². The summed E-state index contributed by atoms with van der Waals surface area (Å²) >= 11 is 0. The van der Waals surface area contributed by atoms with Gasteiger partial charge >= 0.3 is 11.7 Å². The number of primary amides is 1. The first-order valence-corrected chi connectivity index (χ1v) is 6.26. The minimum absolute atomic E-state index is 0.0963. The molecule has 1 rings (SSSR count). The maximum atomic E-state index is 12.0. The van der Waals surface area contributed by atoms with E-state index < -0.39 is 17.3 Å². The molecule has 0 unspecified atom stereocenters. The second-order valence-corrected chi connectivity index (χ2v) is 4.28. The fourth-order valence-corrected chi connectivity index (χ4v) is 1.76. The molecule has 0 aliphatic carbocycles. The fraction of sp³-hybridized carbons (Fsp3) is 0.545. The molecule has 0 aliphatic rings. The number of anilines is 2. The summed E-state index contributed by atoms with van der Waals surface area (Å²) in [6.07, 6.45) is 0.713. The molecule has 0 aromatic carbocycles. The van der Waals surface area contributed by atoms with Crippen molar-refractivity contribution in [3.05, 3.63) is 20.8 Å². The third-order valence-electron chi connectivity index (χ3n) is 2.76. The van der Waals surface area contributed by atoms with Crippen molar-refractivity contribution in [2.24, 2.45) is 12.8 Å². The Morgan fingerprint density at radius 1 is 1.30 bits per heavy atom. The second kappa shape index (κ2) is 6.64. The Balaban J connectivity index is 3.04. The molecule has 20 heavy (non-hydrogen) atoms. The highest BCUT2D eigenvalue weighted by molar-refractivity contribution is 5.71. The molecule has 9 heteroatoms. The number of nitrogen functional groups attached to an aromatic ring is 1. The molecule has 0 aliphatic heterocycles. The number of carbonyl (C=O) groups excluding carboxylic acids is 1. The minimum Gasteiger partial charge on any atom is -0.383 e. The summed E-state index contributed by atoms with van der Waals surface area (Å²) in [5, 5.41) is 5.19. The molecular formula is C11H20N6O3. The lowest BCUT2D eigenvalue weighted by Gasteiger charge is -2.15. The van der Waals surface area contributed by atoms with Gasteiger partial charge in [-0.2, -0.15) is 0 Å². The number of hydrogen-bond donors (Lipinski definition) is 4. The second-order valence-electron chi connectivity index (χ2n) is 4.28. The summed E-state index contributed by atoms with van der Waals surface area (Å²) < 4.78 is 2.33. The minimum atomic E-state index is -0.649. The smallest absolute Gasteiger partial charge is 0.332 e. The third kappa shape index (κ3) is 3.31. The highest BCUT2D eigenvalue weighted by Crippen LogP contribution is 2.10. The molecule has 0 fully saturated rings. The molecule has 2 amide bonds. The predicted octanol–water partition coefficient (Wildman–Crippen LogP) is -1.38. The van der Waals surface area contributed by atoms with Gasteiger partial charge in [-0.05, 0) is 6.42 Å². The highest BCUT2D eigenvalue weighted by Gasteiger charge is 2.14. The van der Waals surface area contributed by atoms with E-state index in [1.54, 1.807) is 0 Å². The van der Waals surface area contributed by atoms with Crippen LogP contribution in [0.2, 0.25) is 0 Å². The van der Waals surface area contributed by atoms with Crippen LogP contribution in [-0.2, 0) is 13.6 Å². The first-order valence-electron chi connectivity index (χ1n) is 6.26. The molecule has 1 heterocycles. The molecule has 0 atom stereocenters. The summed E-state index contributed by atoms with van der Waals surface area (Å²) in [5.41, 5.74) is 9.98. The maximum absolute atomic E-state index is 12.0.